The lowest BCUT2D eigenvalue weighted by Gasteiger charge is -2.26. The number of carbonyl (C=O) groups excluding carboxylic acids is 1. The number of amides is 1. The lowest BCUT2D eigenvalue weighted by Crippen LogP contribution is -2.36. The van der Waals surface area contributed by atoms with Crippen LogP contribution >= 0.6 is 0 Å². The highest BCUT2D eigenvalue weighted by molar-refractivity contribution is 5.92. The third-order valence-electron chi connectivity index (χ3n) is 4.64. The molecule has 1 fully saturated rings. The zero-order valence-electron chi connectivity index (χ0n) is 15.3. The highest BCUT2D eigenvalue weighted by atomic mass is 16.5. The molecule has 1 N–H and O–H groups in total. The van der Waals surface area contributed by atoms with E-state index in [1.54, 1.807) is 0 Å². The summed E-state index contributed by atoms with van der Waals surface area (Å²) in [7, 11) is 0. The highest BCUT2D eigenvalue weighted by Gasteiger charge is 2.17. The van der Waals surface area contributed by atoms with E-state index in [-0.39, 0.29) is 5.91 Å². The van der Waals surface area contributed by atoms with Gasteiger partial charge in [0, 0.05) is 31.7 Å². The van der Waals surface area contributed by atoms with Crippen molar-refractivity contribution in [3.05, 3.63) is 24.0 Å². The van der Waals surface area contributed by atoms with Crippen LogP contribution < -0.4 is 5.32 Å². The summed E-state index contributed by atoms with van der Waals surface area (Å²) in [6.45, 7) is 9.38. The maximum absolute atomic E-state index is 11.6. The molecule has 1 aliphatic heterocycles. The number of rotatable bonds is 7. The Balaban J connectivity index is 1.88. The molecule has 0 unspecified atom stereocenters. The Kier molecular flexibility index (Phi) is 6.04. The molecule has 0 saturated carbocycles. The summed E-state index contributed by atoms with van der Waals surface area (Å²) in [5.74, 6) is 1.13. The molecular weight excluding hydrogens is 316 g/mol. The molecule has 0 atom stereocenters. The third-order valence-corrected chi connectivity index (χ3v) is 4.64. The van der Waals surface area contributed by atoms with Crippen LogP contribution in [0.4, 0.5) is 5.69 Å². The molecule has 25 heavy (non-hydrogen) atoms. The second-order valence-corrected chi connectivity index (χ2v) is 6.53. The number of morpholine rings is 1. The minimum Gasteiger partial charge on any atom is -0.379 e. The number of anilines is 1. The standard InChI is InChI=1S/C19H28N4O2/c1-3-5-8-23-17-7-6-15(20-19(24)4-2)13-16(17)21-18(23)14-22-9-11-25-12-10-22/h6-7,13H,3-5,8-12,14H2,1-2H3,(H,20,24). The van der Waals surface area contributed by atoms with Crippen LogP contribution in [0, 0.1) is 0 Å². The third kappa shape index (κ3) is 4.38. The van der Waals surface area contributed by atoms with Crippen LogP contribution in [0.1, 0.15) is 38.9 Å². The van der Waals surface area contributed by atoms with Crippen molar-refractivity contribution < 1.29 is 9.53 Å². The smallest absolute Gasteiger partial charge is 0.224 e. The van der Waals surface area contributed by atoms with Gasteiger partial charge in [-0.2, -0.15) is 0 Å². The van der Waals surface area contributed by atoms with Gasteiger partial charge in [0.15, 0.2) is 0 Å². The molecule has 1 aromatic carbocycles. The van der Waals surface area contributed by atoms with Gasteiger partial charge in [-0.15, -0.1) is 0 Å². The Bertz CT molecular complexity index is 720. The van der Waals surface area contributed by atoms with E-state index in [0.29, 0.717) is 6.42 Å². The molecule has 0 radical (unpaired) electrons. The fraction of sp³-hybridized carbons (Fsp3) is 0.579. The van der Waals surface area contributed by atoms with Crippen LogP contribution in [0.3, 0.4) is 0 Å². The summed E-state index contributed by atoms with van der Waals surface area (Å²) >= 11 is 0. The molecule has 1 amide bonds. The molecule has 6 heteroatoms. The number of imidazole rings is 1. The number of hydrogen-bond acceptors (Lipinski definition) is 4. The summed E-state index contributed by atoms with van der Waals surface area (Å²) < 4.78 is 7.78. The number of ether oxygens (including phenoxy) is 1. The molecule has 6 nitrogen and oxygen atoms in total. The van der Waals surface area contributed by atoms with Crippen molar-refractivity contribution in [2.24, 2.45) is 0 Å². The van der Waals surface area contributed by atoms with Crippen molar-refractivity contribution in [1.82, 2.24) is 14.5 Å². The average Bonchev–Trinajstić information content (AvgIpc) is 2.96. The number of nitrogens with zero attached hydrogens (tertiary/aromatic N) is 3. The van der Waals surface area contributed by atoms with Crippen LogP contribution in [0.25, 0.3) is 11.0 Å². The Morgan fingerprint density at radius 3 is 2.80 bits per heavy atom. The van der Waals surface area contributed by atoms with Gasteiger partial charge in [0.05, 0.1) is 30.8 Å². The molecule has 1 aromatic heterocycles. The molecule has 2 heterocycles. The molecule has 0 bridgehead atoms. The first-order valence-corrected chi connectivity index (χ1v) is 9.30. The van der Waals surface area contributed by atoms with Gasteiger partial charge in [-0.3, -0.25) is 9.69 Å². The van der Waals surface area contributed by atoms with Crippen molar-refractivity contribution in [2.75, 3.05) is 31.6 Å². The molecule has 0 spiro atoms. The monoisotopic (exact) mass is 344 g/mol. The van der Waals surface area contributed by atoms with Gasteiger partial charge in [-0.25, -0.2) is 4.98 Å². The predicted octanol–water partition coefficient (Wildman–Crippen LogP) is 3.02. The number of benzene rings is 1. The van der Waals surface area contributed by atoms with Crippen molar-refractivity contribution in [1.29, 1.82) is 0 Å². The van der Waals surface area contributed by atoms with Gasteiger partial charge in [0.25, 0.3) is 0 Å². The molecule has 1 aliphatic rings. The minimum atomic E-state index is 0.0262. The Labute approximate surface area is 149 Å². The van der Waals surface area contributed by atoms with Crippen molar-refractivity contribution in [2.45, 2.75) is 46.2 Å². The average molecular weight is 344 g/mol. The number of carbonyl (C=O) groups is 1. The van der Waals surface area contributed by atoms with Crippen LogP contribution in [-0.2, 0) is 22.6 Å². The van der Waals surface area contributed by atoms with Crippen molar-refractivity contribution in [3.63, 3.8) is 0 Å². The maximum atomic E-state index is 11.6. The lowest BCUT2D eigenvalue weighted by molar-refractivity contribution is -0.115. The summed E-state index contributed by atoms with van der Waals surface area (Å²) in [6, 6.07) is 6.03. The van der Waals surface area contributed by atoms with E-state index in [2.05, 4.69) is 27.8 Å². The minimum absolute atomic E-state index is 0.0262. The van der Waals surface area contributed by atoms with Gasteiger partial charge in [-0.1, -0.05) is 20.3 Å². The lowest BCUT2D eigenvalue weighted by atomic mass is 10.2. The number of aryl methyl sites for hydroxylation is 1. The summed E-state index contributed by atoms with van der Waals surface area (Å²) in [4.78, 5) is 18.9. The number of nitrogens with one attached hydrogen (secondary N) is 1. The first kappa shape index (κ1) is 17.9. The van der Waals surface area contributed by atoms with Crippen LogP contribution in [0.15, 0.2) is 18.2 Å². The van der Waals surface area contributed by atoms with Gasteiger partial charge >= 0.3 is 0 Å². The van der Waals surface area contributed by atoms with Gasteiger partial charge in [-0.05, 0) is 24.6 Å². The van der Waals surface area contributed by atoms with E-state index >= 15 is 0 Å². The first-order chi connectivity index (χ1) is 12.2. The van der Waals surface area contributed by atoms with Crippen LogP contribution in [0.2, 0.25) is 0 Å². The number of unbranched alkanes of at least 4 members (excludes halogenated alkanes) is 1. The van der Waals surface area contributed by atoms with Gasteiger partial charge in [0.2, 0.25) is 5.91 Å². The summed E-state index contributed by atoms with van der Waals surface area (Å²) in [5.41, 5.74) is 2.91. The van der Waals surface area contributed by atoms with Crippen LogP contribution in [-0.4, -0.2) is 46.7 Å². The predicted molar refractivity (Wildman–Crippen MR) is 99.7 cm³/mol. The number of hydrogen-bond donors (Lipinski definition) is 1. The molecule has 1 saturated heterocycles. The zero-order valence-corrected chi connectivity index (χ0v) is 15.3. The number of fused-ring (bicyclic) bond motifs is 1. The SMILES string of the molecule is CCCCn1c(CN2CCOCC2)nc2cc(NC(=O)CC)ccc21. The van der Waals surface area contributed by atoms with E-state index in [1.165, 1.54) is 0 Å². The van der Waals surface area contributed by atoms with Gasteiger partial charge < -0.3 is 14.6 Å². The molecular formula is C19H28N4O2. The fourth-order valence-corrected chi connectivity index (χ4v) is 3.15. The fourth-order valence-electron chi connectivity index (χ4n) is 3.15. The van der Waals surface area contributed by atoms with Gasteiger partial charge in [0.1, 0.15) is 5.82 Å². The van der Waals surface area contributed by atoms with E-state index in [4.69, 9.17) is 9.72 Å². The topological polar surface area (TPSA) is 59.4 Å². The normalized spacial score (nSPS) is 15.6. The van der Waals surface area contributed by atoms with Crippen LogP contribution in [0.5, 0.6) is 0 Å². The maximum Gasteiger partial charge on any atom is 0.224 e. The largest absolute Gasteiger partial charge is 0.379 e. The second kappa shape index (κ2) is 8.45. The Morgan fingerprint density at radius 1 is 1.28 bits per heavy atom. The molecule has 3 rings (SSSR count). The molecule has 2 aromatic rings. The number of aromatic nitrogens is 2. The summed E-state index contributed by atoms with van der Waals surface area (Å²) in [6.07, 6.45) is 2.77. The Hall–Kier alpha value is -1.92. The van der Waals surface area contributed by atoms with E-state index in [9.17, 15) is 4.79 Å². The first-order valence-electron chi connectivity index (χ1n) is 9.30. The quantitative estimate of drug-likeness (QED) is 0.839. The highest BCUT2D eigenvalue weighted by Crippen LogP contribution is 2.22. The second-order valence-electron chi connectivity index (χ2n) is 6.53. The Morgan fingerprint density at radius 2 is 2.08 bits per heavy atom. The van der Waals surface area contributed by atoms with Crippen molar-refractivity contribution in [3.8, 4) is 0 Å². The zero-order chi connectivity index (χ0) is 17.6. The summed E-state index contributed by atoms with van der Waals surface area (Å²) in [5, 5.41) is 2.92. The molecule has 136 valence electrons. The van der Waals surface area contributed by atoms with E-state index < -0.39 is 0 Å². The van der Waals surface area contributed by atoms with E-state index in [0.717, 1.165) is 74.8 Å². The van der Waals surface area contributed by atoms with E-state index in [1.807, 2.05) is 19.1 Å². The molecule has 0 aliphatic carbocycles. The van der Waals surface area contributed by atoms with Crippen molar-refractivity contribution >= 4 is 22.6 Å².